The first kappa shape index (κ1) is 11.6. The van der Waals surface area contributed by atoms with Gasteiger partial charge in [-0.2, -0.15) is 0 Å². The first-order valence-electron chi connectivity index (χ1n) is 6.75. The lowest BCUT2D eigenvalue weighted by Crippen LogP contribution is -2.17. The Morgan fingerprint density at radius 1 is 1.39 bits per heavy atom. The van der Waals surface area contributed by atoms with Crippen molar-refractivity contribution in [1.29, 1.82) is 0 Å². The standard InChI is InChI=1S/C15H21N3/c1-10-16-13-5-4-11(8-14(13)17-10)18-12-6-7-15(2,3)9-12/h4-5,8,12,18H,6-7,9H2,1-3H3,(H,16,17). The topological polar surface area (TPSA) is 40.7 Å². The number of hydrogen-bond donors (Lipinski definition) is 2. The first-order valence-corrected chi connectivity index (χ1v) is 6.75. The number of hydrogen-bond acceptors (Lipinski definition) is 2. The molecule has 0 spiro atoms. The number of aromatic nitrogens is 2. The third-order valence-electron chi connectivity index (χ3n) is 3.94. The minimum atomic E-state index is 0.492. The Hall–Kier alpha value is -1.51. The van der Waals surface area contributed by atoms with Gasteiger partial charge in [0.15, 0.2) is 0 Å². The molecular formula is C15H21N3. The molecule has 1 fully saturated rings. The fourth-order valence-corrected chi connectivity index (χ4v) is 3.02. The van der Waals surface area contributed by atoms with Gasteiger partial charge in [-0.3, -0.25) is 0 Å². The van der Waals surface area contributed by atoms with E-state index < -0.39 is 0 Å². The van der Waals surface area contributed by atoms with Gasteiger partial charge < -0.3 is 10.3 Å². The van der Waals surface area contributed by atoms with Crippen LogP contribution in [0.4, 0.5) is 5.69 Å². The van der Waals surface area contributed by atoms with E-state index in [1.165, 1.54) is 24.9 Å². The summed E-state index contributed by atoms with van der Waals surface area (Å²) < 4.78 is 0. The molecule has 0 bridgehead atoms. The van der Waals surface area contributed by atoms with Gasteiger partial charge in [0.05, 0.1) is 11.0 Å². The zero-order chi connectivity index (χ0) is 12.8. The molecule has 3 nitrogen and oxygen atoms in total. The number of anilines is 1. The SMILES string of the molecule is Cc1nc2ccc(NC3CCC(C)(C)C3)cc2[nH]1. The number of aryl methyl sites for hydroxylation is 1. The van der Waals surface area contributed by atoms with Crippen LogP contribution in [0.15, 0.2) is 18.2 Å². The summed E-state index contributed by atoms with van der Waals surface area (Å²) in [4.78, 5) is 7.71. The van der Waals surface area contributed by atoms with Crippen LogP contribution in [0.1, 0.15) is 38.9 Å². The number of fused-ring (bicyclic) bond motifs is 1. The van der Waals surface area contributed by atoms with Gasteiger partial charge in [-0.25, -0.2) is 4.98 Å². The molecule has 1 aromatic heterocycles. The monoisotopic (exact) mass is 243 g/mol. The zero-order valence-corrected chi connectivity index (χ0v) is 11.4. The van der Waals surface area contributed by atoms with Crippen LogP contribution >= 0.6 is 0 Å². The minimum Gasteiger partial charge on any atom is -0.382 e. The van der Waals surface area contributed by atoms with Crippen molar-refractivity contribution in [2.45, 2.75) is 46.1 Å². The molecule has 96 valence electrons. The van der Waals surface area contributed by atoms with E-state index in [0.29, 0.717) is 11.5 Å². The average molecular weight is 243 g/mol. The van der Waals surface area contributed by atoms with Gasteiger partial charge in [0.2, 0.25) is 0 Å². The highest BCUT2D eigenvalue weighted by atomic mass is 14.9. The van der Waals surface area contributed by atoms with Crippen LogP contribution in [0.2, 0.25) is 0 Å². The fourth-order valence-electron chi connectivity index (χ4n) is 3.02. The van der Waals surface area contributed by atoms with Crippen LogP contribution in [0.25, 0.3) is 11.0 Å². The van der Waals surface area contributed by atoms with Gasteiger partial charge >= 0.3 is 0 Å². The zero-order valence-electron chi connectivity index (χ0n) is 11.4. The van der Waals surface area contributed by atoms with Crippen LogP contribution in [-0.2, 0) is 0 Å². The van der Waals surface area contributed by atoms with Crippen molar-refractivity contribution in [2.75, 3.05) is 5.32 Å². The Morgan fingerprint density at radius 3 is 2.94 bits per heavy atom. The number of nitrogens with zero attached hydrogens (tertiary/aromatic N) is 1. The van der Waals surface area contributed by atoms with Gasteiger partial charge in [-0.1, -0.05) is 13.8 Å². The molecule has 1 aromatic carbocycles. The molecule has 3 heteroatoms. The van der Waals surface area contributed by atoms with Crippen molar-refractivity contribution in [3.05, 3.63) is 24.0 Å². The van der Waals surface area contributed by atoms with Gasteiger partial charge in [0, 0.05) is 11.7 Å². The summed E-state index contributed by atoms with van der Waals surface area (Å²) in [5.41, 5.74) is 3.86. The lowest BCUT2D eigenvalue weighted by atomic mass is 9.92. The van der Waals surface area contributed by atoms with Gasteiger partial charge in [-0.05, 0) is 49.8 Å². The number of rotatable bonds is 2. The molecule has 1 heterocycles. The summed E-state index contributed by atoms with van der Waals surface area (Å²) in [7, 11) is 0. The van der Waals surface area contributed by atoms with Crippen molar-refractivity contribution >= 4 is 16.7 Å². The third-order valence-corrected chi connectivity index (χ3v) is 3.94. The molecule has 1 saturated carbocycles. The lowest BCUT2D eigenvalue weighted by Gasteiger charge is -2.18. The highest BCUT2D eigenvalue weighted by Crippen LogP contribution is 2.38. The molecular weight excluding hydrogens is 222 g/mol. The maximum atomic E-state index is 4.43. The minimum absolute atomic E-state index is 0.492. The predicted molar refractivity (Wildman–Crippen MR) is 75.9 cm³/mol. The molecule has 1 atom stereocenters. The van der Waals surface area contributed by atoms with Crippen LogP contribution in [0.5, 0.6) is 0 Å². The summed E-state index contributed by atoms with van der Waals surface area (Å²) in [6.45, 7) is 6.71. The average Bonchev–Trinajstić information content (AvgIpc) is 2.80. The van der Waals surface area contributed by atoms with E-state index in [4.69, 9.17) is 0 Å². The Kier molecular flexibility index (Phi) is 2.58. The Labute approximate surface area is 108 Å². The van der Waals surface area contributed by atoms with Crippen molar-refractivity contribution in [2.24, 2.45) is 5.41 Å². The number of aromatic amines is 1. The quantitative estimate of drug-likeness (QED) is 0.840. The summed E-state index contributed by atoms with van der Waals surface area (Å²) >= 11 is 0. The van der Waals surface area contributed by atoms with E-state index in [-0.39, 0.29) is 0 Å². The molecule has 1 aliphatic carbocycles. The summed E-state index contributed by atoms with van der Waals surface area (Å²) in [5.74, 6) is 0.976. The maximum Gasteiger partial charge on any atom is 0.104 e. The van der Waals surface area contributed by atoms with Crippen molar-refractivity contribution in [3.63, 3.8) is 0 Å². The van der Waals surface area contributed by atoms with Crippen LogP contribution < -0.4 is 5.32 Å². The highest BCUT2D eigenvalue weighted by Gasteiger charge is 2.30. The molecule has 1 aliphatic rings. The van der Waals surface area contributed by atoms with Gasteiger partial charge in [-0.15, -0.1) is 0 Å². The number of H-pyrrole nitrogens is 1. The van der Waals surface area contributed by atoms with E-state index in [0.717, 1.165) is 16.9 Å². The van der Waals surface area contributed by atoms with Crippen molar-refractivity contribution < 1.29 is 0 Å². The molecule has 0 saturated heterocycles. The number of nitrogens with one attached hydrogen (secondary N) is 2. The van der Waals surface area contributed by atoms with Crippen LogP contribution in [-0.4, -0.2) is 16.0 Å². The predicted octanol–water partition coefficient (Wildman–Crippen LogP) is 3.86. The first-order chi connectivity index (χ1) is 8.52. The van der Waals surface area contributed by atoms with E-state index in [1.807, 2.05) is 6.92 Å². The van der Waals surface area contributed by atoms with E-state index in [9.17, 15) is 0 Å². The lowest BCUT2D eigenvalue weighted by molar-refractivity contribution is 0.378. The smallest absolute Gasteiger partial charge is 0.104 e. The molecule has 0 aliphatic heterocycles. The van der Waals surface area contributed by atoms with Gasteiger partial charge in [0.25, 0.3) is 0 Å². The molecule has 1 unspecified atom stereocenters. The Bertz CT molecular complexity index is 568. The molecule has 2 aromatic rings. The van der Waals surface area contributed by atoms with E-state index >= 15 is 0 Å². The highest BCUT2D eigenvalue weighted by molar-refractivity contribution is 5.79. The summed E-state index contributed by atoms with van der Waals surface area (Å²) in [5, 5.41) is 3.65. The fraction of sp³-hybridized carbons (Fsp3) is 0.533. The third kappa shape index (κ3) is 2.22. The molecule has 2 N–H and O–H groups in total. The molecule has 0 radical (unpaired) electrons. The summed E-state index contributed by atoms with van der Waals surface area (Å²) in [6, 6.07) is 7.00. The molecule has 3 rings (SSSR count). The largest absolute Gasteiger partial charge is 0.382 e. The second-order valence-electron chi connectivity index (χ2n) is 6.30. The second kappa shape index (κ2) is 4.01. The van der Waals surface area contributed by atoms with E-state index in [2.05, 4.69) is 47.3 Å². The van der Waals surface area contributed by atoms with Crippen molar-refractivity contribution in [3.8, 4) is 0 Å². The Morgan fingerprint density at radius 2 is 2.22 bits per heavy atom. The number of imidazole rings is 1. The summed E-state index contributed by atoms with van der Waals surface area (Å²) in [6.07, 6.45) is 3.84. The van der Waals surface area contributed by atoms with Crippen LogP contribution in [0, 0.1) is 12.3 Å². The van der Waals surface area contributed by atoms with E-state index in [1.54, 1.807) is 0 Å². The maximum absolute atomic E-state index is 4.43. The van der Waals surface area contributed by atoms with Crippen molar-refractivity contribution in [1.82, 2.24) is 9.97 Å². The molecule has 0 amide bonds. The second-order valence-corrected chi connectivity index (χ2v) is 6.30. The van der Waals surface area contributed by atoms with Crippen LogP contribution in [0.3, 0.4) is 0 Å². The van der Waals surface area contributed by atoms with Gasteiger partial charge in [0.1, 0.15) is 5.82 Å². The normalized spacial score (nSPS) is 22.5. The molecule has 18 heavy (non-hydrogen) atoms. The number of benzene rings is 1. The Balaban J connectivity index is 1.78.